The Labute approximate surface area is 149 Å². The fourth-order valence-electron chi connectivity index (χ4n) is 2.80. The van der Waals surface area contributed by atoms with Crippen molar-refractivity contribution in [2.45, 2.75) is 4.90 Å². The van der Waals surface area contributed by atoms with Gasteiger partial charge in [-0.05, 0) is 34.1 Å². The van der Waals surface area contributed by atoms with Crippen LogP contribution in [0.25, 0.3) is 27.1 Å². The van der Waals surface area contributed by atoms with E-state index in [1.54, 1.807) is 11.8 Å². The van der Waals surface area contributed by atoms with Crippen LogP contribution >= 0.6 is 11.8 Å². The Kier molecular flexibility index (Phi) is 4.59. The second-order valence-electron chi connectivity index (χ2n) is 5.37. The standard InChI is InChI=1S/C19H15N3O2S/c1-20-18-16(17(19(23)24)22(2)21-18)13-10-8-12(9-11-13)14-6-4-5-7-15(14)25-3/h4-11H,2-3H3,(H,23,24). The van der Waals surface area contributed by atoms with E-state index >= 15 is 0 Å². The fraction of sp³-hybridized carbons (Fsp3) is 0.105. The first-order valence-corrected chi connectivity index (χ1v) is 8.71. The zero-order valence-electron chi connectivity index (χ0n) is 13.7. The highest BCUT2D eigenvalue weighted by atomic mass is 32.2. The molecule has 0 atom stereocenters. The molecule has 3 aromatic rings. The summed E-state index contributed by atoms with van der Waals surface area (Å²) in [6, 6.07) is 15.7. The van der Waals surface area contributed by atoms with E-state index in [0.29, 0.717) is 11.1 Å². The number of rotatable bonds is 4. The van der Waals surface area contributed by atoms with Gasteiger partial charge in [0, 0.05) is 10.5 Å². The SMILES string of the molecule is [C-]#[N+]c1nn(C)c(C(=O)O)c1-c1ccc(-c2ccccc2SC)cc1. The average molecular weight is 349 g/mol. The Morgan fingerprint density at radius 1 is 1.16 bits per heavy atom. The van der Waals surface area contributed by atoms with E-state index in [1.165, 1.54) is 16.6 Å². The van der Waals surface area contributed by atoms with Crippen molar-refractivity contribution in [1.29, 1.82) is 0 Å². The lowest BCUT2D eigenvalue weighted by molar-refractivity contribution is 0.0686. The minimum atomic E-state index is -1.10. The fourth-order valence-corrected chi connectivity index (χ4v) is 3.42. The van der Waals surface area contributed by atoms with Crippen molar-refractivity contribution in [3.63, 3.8) is 0 Å². The summed E-state index contributed by atoms with van der Waals surface area (Å²) in [6.45, 7) is 7.27. The number of carbonyl (C=O) groups is 1. The summed E-state index contributed by atoms with van der Waals surface area (Å²) < 4.78 is 1.24. The van der Waals surface area contributed by atoms with Gasteiger partial charge in [0.1, 0.15) is 0 Å². The molecule has 6 heteroatoms. The van der Waals surface area contributed by atoms with Gasteiger partial charge in [0.05, 0.1) is 7.05 Å². The van der Waals surface area contributed by atoms with Crippen LogP contribution in [0.5, 0.6) is 0 Å². The molecular formula is C19H15N3O2S. The van der Waals surface area contributed by atoms with Gasteiger partial charge in [0.15, 0.2) is 5.69 Å². The van der Waals surface area contributed by atoms with Gasteiger partial charge in [-0.15, -0.1) is 11.8 Å². The monoisotopic (exact) mass is 349 g/mol. The zero-order valence-corrected chi connectivity index (χ0v) is 14.5. The van der Waals surface area contributed by atoms with Crippen LogP contribution in [0.2, 0.25) is 0 Å². The Hall–Kier alpha value is -3.04. The lowest BCUT2D eigenvalue weighted by Crippen LogP contribution is -2.06. The number of aryl methyl sites for hydroxylation is 1. The Morgan fingerprint density at radius 3 is 2.40 bits per heavy atom. The molecule has 0 aliphatic carbocycles. The average Bonchev–Trinajstić information content (AvgIpc) is 2.98. The van der Waals surface area contributed by atoms with Gasteiger partial charge in [0.25, 0.3) is 0 Å². The van der Waals surface area contributed by atoms with E-state index in [2.05, 4.69) is 22.1 Å². The van der Waals surface area contributed by atoms with E-state index < -0.39 is 5.97 Å². The molecule has 0 saturated heterocycles. The topological polar surface area (TPSA) is 59.5 Å². The molecule has 0 unspecified atom stereocenters. The van der Waals surface area contributed by atoms with Crippen LogP contribution in [0.15, 0.2) is 53.4 Å². The molecule has 3 rings (SSSR count). The first-order valence-electron chi connectivity index (χ1n) is 7.48. The Morgan fingerprint density at radius 2 is 1.80 bits per heavy atom. The molecule has 0 amide bonds. The number of carboxylic acids is 1. The summed E-state index contributed by atoms with van der Waals surface area (Å²) in [5, 5.41) is 13.5. The van der Waals surface area contributed by atoms with E-state index in [-0.39, 0.29) is 11.5 Å². The maximum Gasteiger partial charge on any atom is 0.355 e. The highest BCUT2D eigenvalue weighted by molar-refractivity contribution is 7.98. The molecule has 0 radical (unpaired) electrons. The van der Waals surface area contributed by atoms with Gasteiger partial charge < -0.3 is 9.95 Å². The predicted octanol–water partition coefficient (Wildman–Crippen LogP) is 4.72. The van der Waals surface area contributed by atoms with Gasteiger partial charge in [-0.2, -0.15) is 4.68 Å². The molecule has 1 N–H and O–H groups in total. The highest BCUT2D eigenvalue weighted by Crippen LogP contribution is 2.36. The second-order valence-corrected chi connectivity index (χ2v) is 6.21. The molecule has 0 bridgehead atoms. The largest absolute Gasteiger partial charge is 0.476 e. The molecule has 0 fully saturated rings. The molecule has 2 aromatic carbocycles. The molecule has 124 valence electrons. The molecule has 1 aromatic heterocycles. The van der Waals surface area contributed by atoms with Crippen LogP contribution in [-0.4, -0.2) is 27.1 Å². The maximum absolute atomic E-state index is 11.6. The van der Waals surface area contributed by atoms with Crippen molar-refractivity contribution < 1.29 is 9.90 Å². The third-order valence-corrected chi connectivity index (χ3v) is 4.72. The smallest absolute Gasteiger partial charge is 0.355 e. The minimum Gasteiger partial charge on any atom is -0.476 e. The summed E-state index contributed by atoms with van der Waals surface area (Å²) >= 11 is 1.68. The number of thioether (sulfide) groups is 1. The molecule has 0 spiro atoms. The summed E-state index contributed by atoms with van der Waals surface area (Å²) in [4.78, 5) is 16.1. The lowest BCUT2D eigenvalue weighted by Gasteiger charge is -2.09. The number of aromatic nitrogens is 2. The van der Waals surface area contributed by atoms with E-state index in [0.717, 1.165) is 11.1 Å². The maximum atomic E-state index is 11.6. The molecule has 25 heavy (non-hydrogen) atoms. The van der Waals surface area contributed by atoms with Crippen LogP contribution in [0.4, 0.5) is 5.82 Å². The van der Waals surface area contributed by atoms with Gasteiger partial charge in [-0.1, -0.05) is 49.0 Å². The van der Waals surface area contributed by atoms with Crippen LogP contribution < -0.4 is 0 Å². The Balaban J connectivity index is 2.11. The summed E-state index contributed by atoms with van der Waals surface area (Å²) in [6.07, 6.45) is 2.03. The summed E-state index contributed by atoms with van der Waals surface area (Å²) in [5.41, 5.74) is 3.20. The number of aromatic carboxylic acids is 1. The molecule has 0 saturated carbocycles. The first kappa shape index (κ1) is 16.8. The van der Waals surface area contributed by atoms with Gasteiger partial charge in [-0.3, -0.25) is 0 Å². The predicted molar refractivity (Wildman–Crippen MR) is 99.1 cm³/mol. The molecule has 1 heterocycles. The van der Waals surface area contributed by atoms with E-state index in [1.807, 2.05) is 42.7 Å². The normalized spacial score (nSPS) is 10.4. The lowest BCUT2D eigenvalue weighted by atomic mass is 10.00. The highest BCUT2D eigenvalue weighted by Gasteiger charge is 2.24. The van der Waals surface area contributed by atoms with E-state index in [9.17, 15) is 9.90 Å². The quantitative estimate of drug-likeness (QED) is 0.547. The third-order valence-electron chi connectivity index (χ3n) is 3.93. The second kappa shape index (κ2) is 6.83. The Bertz CT molecular complexity index is 985. The number of hydrogen-bond donors (Lipinski definition) is 1. The van der Waals surface area contributed by atoms with Gasteiger partial charge in [-0.25, -0.2) is 4.79 Å². The minimum absolute atomic E-state index is 0.0169. The number of carboxylic acid groups (broad SMARTS) is 1. The van der Waals surface area contributed by atoms with Crippen LogP contribution in [0, 0.1) is 6.57 Å². The number of hydrogen-bond acceptors (Lipinski definition) is 3. The van der Waals surface area contributed by atoms with Crippen molar-refractivity contribution in [3.8, 4) is 22.3 Å². The number of benzene rings is 2. The van der Waals surface area contributed by atoms with Crippen LogP contribution in [0.3, 0.4) is 0 Å². The van der Waals surface area contributed by atoms with Gasteiger partial charge in [0.2, 0.25) is 0 Å². The number of nitrogens with zero attached hydrogens (tertiary/aromatic N) is 3. The molecule has 5 nitrogen and oxygen atoms in total. The van der Waals surface area contributed by atoms with Crippen molar-refractivity contribution in [2.75, 3.05) is 6.26 Å². The molecular weight excluding hydrogens is 334 g/mol. The molecule has 0 aliphatic heterocycles. The van der Waals surface area contributed by atoms with Crippen molar-refractivity contribution in [1.82, 2.24) is 9.78 Å². The van der Waals surface area contributed by atoms with Gasteiger partial charge >= 0.3 is 11.8 Å². The van der Waals surface area contributed by atoms with Crippen LogP contribution in [0.1, 0.15) is 10.5 Å². The first-order chi connectivity index (χ1) is 12.1. The zero-order chi connectivity index (χ0) is 18.0. The third kappa shape index (κ3) is 3.02. The van der Waals surface area contributed by atoms with Crippen LogP contribution in [-0.2, 0) is 7.05 Å². The van der Waals surface area contributed by atoms with Crippen molar-refractivity contribution in [2.24, 2.45) is 7.05 Å². The van der Waals surface area contributed by atoms with Crippen molar-refractivity contribution >= 4 is 23.5 Å². The van der Waals surface area contributed by atoms with Crippen molar-refractivity contribution in [3.05, 3.63) is 65.6 Å². The summed E-state index contributed by atoms with van der Waals surface area (Å²) in [7, 11) is 1.53. The van der Waals surface area contributed by atoms with E-state index in [4.69, 9.17) is 6.57 Å². The molecule has 0 aliphatic rings. The summed E-state index contributed by atoms with van der Waals surface area (Å²) in [5.74, 6) is -1.01.